The molecule has 2 nitrogen and oxygen atoms in total. The quantitative estimate of drug-likeness (QED) is 0.246. The van der Waals surface area contributed by atoms with Crippen LogP contribution in [0.1, 0.15) is 87.1 Å². The molecule has 168 valence electrons. The molecule has 0 heterocycles. The van der Waals surface area contributed by atoms with Gasteiger partial charge in [-0.25, -0.2) is 0 Å². The van der Waals surface area contributed by atoms with Crippen LogP contribution in [0.4, 0.5) is 13.2 Å². The Balaban J connectivity index is 0.00000784. The zero-order chi connectivity index (χ0) is 21.0. The van der Waals surface area contributed by atoms with E-state index >= 15 is 0 Å². The average molecular weight is 436 g/mol. The second-order valence-electron chi connectivity index (χ2n) is 8.52. The van der Waals surface area contributed by atoms with E-state index in [4.69, 9.17) is 0 Å². The zero-order valence-corrected chi connectivity index (χ0v) is 18.9. The van der Waals surface area contributed by atoms with Crippen molar-refractivity contribution in [2.75, 3.05) is 20.6 Å². The van der Waals surface area contributed by atoms with Crippen LogP contribution in [-0.4, -0.2) is 37.1 Å². The van der Waals surface area contributed by atoms with Crippen molar-refractivity contribution in [3.05, 3.63) is 35.4 Å². The van der Waals surface area contributed by atoms with Crippen LogP contribution in [0.15, 0.2) is 24.3 Å². The number of hydrogen-bond acceptors (Lipinski definition) is 1. The summed E-state index contributed by atoms with van der Waals surface area (Å²) in [5.41, 5.74) is 0.659. The van der Waals surface area contributed by atoms with Gasteiger partial charge in [0.15, 0.2) is 0 Å². The van der Waals surface area contributed by atoms with Crippen LogP contribution >= 0.6 is 0 Å². The van der Waals surface area contributed by atoms with E-state index in [1.54, 1.807) is 12.1 Å². The van der Waals surface area contributed by atoms with Crippen LogP contribution in [0.2, 0.25) is 0 Å². The molecular weight excluding hydrogens is 399 g/mol. The highest BCUT2D eigenvalue weighted by Gasteiger charge is 2.39. The number of benzene rings is 1. The van der Waals surface area contributed by atoms with Gasteiger partial charge in [-0.15, -0.1) is 0 Å². The molecule has 0 spiro atoms. The fraction of sp³-hybridized carbons (Fsp3) is 0.696. The number of Topliss-reactive ketones (excluding diaryl/α,β-unsaturated/α-hetero) is 1. The summed E-state index contributed by atoms with van der Waals surface area (Å²) < 4.78 is 38.2. The number of quaternary nitrogens is 1. The van der Waals surface area contributed by atoms with Gasteiger partial charge in [0.1, 0.15) is 6.54 Å². The van der Waals surface area contributed by atoms with Crippen LogP contribution < -0.4 is 12.4 Å². The molecule has 0 aliphatic carbocycles. The second kappa shape index (κ2) is 14.0. The van der Waals surface area contributed by atoms with Gasteiger partial charge in [-0.3, -0.25) is 4.79 Å². The summed E-state index contributed by atoms with van der Waals surface area (Å²) in [5, 5.41) is 0. The molecule has 0 atom stereocenters. The fourth-order valence-electron chi connectivity index (χ4n) is 3.53. The Labute approximate surface area is 180 Å². The monoisotopic (exact) mass is 435 g/mol. The molecule has 0 N–H and O–H groups in total. The van der Waals surface area contributed by atoms with Crippen molar-refractivity contribution in [3.63, 3.8) is 0 Å². The molecule has 0 aliphatic heterocycles. The molecule has 0 radical (unpaired) electrons. The lowest BCUT2D eigenvalue weighted by Gasteiger charge is -2.30. The van der Waals surface area contributed by atoms with Crippen molar-refractivity contribution >= 4 is 5.78 Å². The van der Waals surface area contributed by atoms with Crippen LogP contribution in [0.3, 0.4) is 0 Å². The Kier molecular flexibility index (Phi) is 13.5. The van der Waals surface area contributed by atoms with Crippen LogP contribution in [0.5, 0.6) is 0 Å². The molecule has 0 aromatic heterocycles. The van der Waals surface area contributed by atoms with Gasteiger partial charge in [0.05, 0.1) is 20.6 Å². The Bertz CT molecular complexity index is 570. The molecule has 0 saturated heterocycles. The summed E-state index contributed by atoms with van der Waals surface area (Å²) in [6.45, 7) is 4.03. The lowest BCUT2D eigenvalue weighted by molar-refractivity contribution is -0.903. The third kappa shape index (κ3) is 12.3. The predicted molar refractivity (Wildman–Crippen MR) is 109 cm³/mol. The molecule has 0 saturated carbocycles. The first kappa shape index (κ1) is 27.9. The highest BCUT2D eigenvalue weighted by molar-refractivity contribution is 6.00. The predicted octanol–water partition coefficient (Wildman–Crippen LogP) is 3.93. The van der Waals surface area contributed by atoms with Crippen molar-refractivity contribution in [2.24, 2.45) is 0 Å². The lowest BCUT2D eigenvalue weighted by atomic mass is 10.1. The van der Waals surface area contributed by atoms with E-state index in [1.807, 2.05) is 0 Å². The Morgan fingerprint density at radius 2 is 1.28 bits per heavy atom. The Morgan fingerprint density at radius 1 is 0.828 bits per heavy atom. The highest BCUT2D eigenvalue weighted by Crippen LogP contribution is 2.22. The second-order valence-corrected chi connectivity index (χ2v) is 8.52. The van der Waals surface area contributed by atoms with Crippen molar-refractivity contribution in [3.8, 4) is 0 Å². The Hall–Kier alpha value is -1.07. The number of rotatable bonds is 14. The third-order valence-electron chi connectivity index (χ3n) is 5.20. The standard InChI is InChI=1S/C23H37F3NO.ClH/c1-4-5-6-7-8-9-10-11-12-13-18-27(2,3)19-20-14-16-21(17-15-20)22(28)23(24,25)26;/h14-17H,4-13,18-19H2,1-3H3;1H/q+1;/p-1. The van der Waals surface area contributed by atoms with Gasteiger partial charge < -0.3 is 16.9 Å². The Morgan fingerprint density at radius 3 is 1.72 bits per heavy atom. The maximum absolute atomic E-state index is 12.5. The lowest BCUT2D eigenvalue weighted by Crippen LogP contribution is -3.00. The van der Waals surface area contributed by atoms with Gasteiger partial charge in [-0.1, -0.05) is 82.6 Å². The van der Waals surface area contributed by atoms with Crippen molar-refractivity contribution < 1.29 is 34.9 Å². The topological polar surface area (TPSA) is 17.1 Å². The first-order chi connectivity index (χ1) is 13.2. The summed E-state index contributed by atoms with van der Waals surface area (Å²) in [7, 11) is 4.28. The average Bonchev–Trinajstić information content (AvgIpc) is 2.62. The highest BCUT2D eigenvalue weighted by atomic mass is 35.5. The number of halogens is 4. The van der Waals surface area contributed by atoms with Gasteiger partial charge in [0.25, 0.3) is 5.78 Å². The van der Waals surface area contributed by atoms with E-state index in [1.165, 1.54) is 69.9 Å². The first-order valence-corrected chi connectivity index (χ1v) is 10.7. The van der Waals surface area contributed by atoms with Crippen LogP contribution in [0.25, 0.3) is 0 Å². The summed E-state index contributed by atoms with van der Waals surface area (Å²) in [6.07, 6.45) is 8.25. The van der Waals surface area contributed by atoms with E-state index in [2.05, 4.69) is 21.0 Å². The summed E-state index contributed by atoms with van der Waals surface area (Å²) >= 11 is 0. The fourth-order valence-corrected chi connectivity index (χ4v) is 3.53. The van der Waals surface area contributed by atoms with Gasteiger partial charge >= 0.3 is 6.18 Å². The SMILES string of the molecule is CCCCCCCCCCCC[N+](C)(C)Cc1ccc(C(=O)C(F)(F)F)cc1.[Cl-]. The number of carbonyl (C=O) groups is 1. The van der Waals surface area contributed by atoms with Crippen LogP contribution in [-0.2, 0) is 6.54 Å². The third-order valence-corrected chi connectivity index (χ3v) is 5.20. The van der Waals surface area contributed by atoms with Crippen LogP contribution in [0, 0.1) is 0 Å². The summed E-state index contributed by atoms with van der Waals surface area (Å²) in [4.78, 5) is 11.2. The van der Waals surface area contributed by atoms with Gasteiger partial charge in [-0.05, 0) is 12.8 Å². The number of hydrogen-bond donors (Lipinski definition) is 0. The normalized spacial score (nSPS) is 11.9. The molecule has 1 rings (SSSR count). The largest absolute Gasteiger partial charge is 1.00 e. The summed E-state index contributed by atoms with van der Waals surface area (Å²) in [6, 6.07) is 5.84. The number of nitrogens with zero attached hydrogens (tertiary/aromatic N) is 1. The molecule has 0 bridgehead atoms. The maximum Gasteiger partial charge on any atom is 0.454 e. The van der Waals surface area contributed by atoms with E-state index in [-0.39, 0.29) is 18.0 Å². The van der Waals surface area contributed by atoms with E-state index in [0.717, 1.165) is 29.6 Å². The molecule has 29 heavy (non-hydrogen) atoms. The molecule has 1 aromatic carbocycles. The zero-order valence-electron chi connectivity index (χ0n) is 18.2. The number of carbonyl (C=O) groups excluding carboxylic acids is 1. The molecule has 0 fully saturated rings. The van der Waals surface area contributed by atoms with Crippen molar-refractivity contribution in [2.45, 2.75) is 83.9 Å². The number of unbranched alkanes of at least 4 members (excludes halogenated alkanes) is 9. The number of alkyl halides is 3. The molecule has 0 unspecified atom stereocenters. The minimum absolute atomic E-state index is 0. The maximum atomic E-state index is 12.5. The first-order valence-electron chi connectivity index (χ1n) is 10.7. The van der Waals surface area contributed by atoms with Crippen molar-refractivity contribution in [1.82, 2.24) is 0 Å². The molecule has 1 aromatic rings. The molecular formula is C23H37ClF3NO. The minimum Gasteiger partial charge on any atom is -1.00 e. The molecule has 0 aliphatic rings. The van der Waals surface area contributed by atoms with Gasteiger partial charge in [0, 0.05) is 11.1 Å². The molecule has 0 amide bonds. The molecule has 6 heteroatoms. The minimum atomic E-state index is -4.81. The van der Waals surface area contributed by atoms with Crippen molar-refractivity contribution in [1.29, 1.82) is 0 Å². The smallest absolute Gasteiger partial charge is 0.454 e. The number of ketones is 1. The van der Waals surface area contributed by atoms with Gasteiger partial charge in [0.2, 0.25) is 0 Å². The van der Waals surface area contributed by atoms with E-state index < -0.39 is 12.0 Å². The summed E-state index contributed by atoms with van der Waals surface area (Å²) in [5.74, 6) is -1.78. The van der Waals surface area contributed by atoms with Gasteiger partial charge in [-0.2, -0.15) is 13.2 Å². The van der Waals surface area contributed by atoms with E-state index in [9.17, 15) is 18.0 Å². The van der Waals surface area contributed by atoms with E-state index in [0.29, 0.717) is 0 Å².